The van der Waals surface area contributed by atoms with Gasteiger partial charge in [0.2, 0.25) is 0 Å². The zero-order valence-electron chi connectivity index (χ0n) is 10.2. The predicted octanol–water partition coefficient (Wildman–Crippen LogP) is 1.23. The van der Waals surface area contributed by atoms with Crippen molar-refractivity contribution in [3.63, 3.8) is 0 Å². The van der Waals surface area contributed by atoms with Crippen molar-refractivity contribution in [2.24, 2.45) is 0 Å². The lowest BCUT2D eigenvalue weighted by atomic mass is 10.1. The van der Waals surface area contributed by atoms with Gasteiger partial charge in [-0.25, -0.2) is 18.1 Å². The summed E-state index contributed by atoms with van der Waals surface area (Å²) in [6.07, 6.45) is 3.59. The molecule has 0 aromatic carbocycles. The van der Waals surface area contributed by atoms with Crippen LogP contribution in [0.3, 0.4) is 0 Å². The molecule has 100 valence electrons. The molecule has 1 aromatic heterocycles. The topological polar surface area (TPSA) is 85.1 Å². The Bertz CT molecular complexity index is 525. The fourth-order valence-corrected chi connectivity index (χ4v) is 4.48. The highest BCUT2D eigenvalue weighted by Gasteiger charge is 2.31. The summed E-state index contributed by atoms with van der Waals surface area (Å²) in [5.41, 5.74) is 5.81. The molecule has 18 heavy (non-hydrogen) atoms. The number of anilines is 1. The number of thioether (sulfide) groups is 1. The number of pyridine rings is 1. The van der Waals surface area contributed by atoms with E-state index in [0.29, 0.717) is 6.54 Å². The van der Waals surface area contributed by atoms with Crippen molar-refractivity contribution >= 4 is 27.5 Å². The van der Waals surface area contributed by atoms with Crippen LogP contribution >= 0.6 is 11.8 Å². The van der Waals surface area contributed by atoms with Crippen LogP contribution in [0.15, 0.2) is 23.4 Å². The molecule has 1 aliphatic rings. The first-order valence-electron chi connectivity index (χ1n) is 5.77. The van der Waals surface area contributed by atoms with Gasteiger partial charge in [0, 0.05) is 17.5 Å². The quantitative estimate of drug-likeness (QED) is 0.870. The molecular weight excluding hydrogens is 270 g/mol. The van der Waals surface area contributed by atoms with Gasteiger partial charge in [0.1, 0.15) is 0 Å². The largest absolute Gasteiger partial charge is 0.396 e. The SMILES string of the molecule is CC1(CNS(=O)(=O)c2ncccc2N)CCCS1. The lowest BCUT2D eigenvalue weighted by molar-refractivity contribution is 0.550. The van der Waals surface area contributed by atoms with Crippen LogP contribution in [0.2, 0.25) is 0 Å². The van der Waals surface area contributed by atoms with E-state index in [1.807, 2.05) is 0 Å². The van der Waals surface area contributed by atoms with Gasteiger partial charge in [-0.3, -0.25) is 0 Å². The van der Waals surface area contributed by atoms with Crippen molar-refractivity contribution in [3.05, 3.63) is 18.3 Å². The van der Waals surface area contributed by atoms with Gasteiger partial charge in [-0.05, 0) is 37.7 Å². The van der Waals surface area contributed by atoms with Crippen LogP contribution < -0.4 is 10.5 Å². The summed E-state index contributed by atoms with van der Waals surface area (Å²) < 4.78 is 26.8. The molecule has 0 bridgehead atoms. The van der Waals surface area contributed by atoms with Crippen molar-refractivity contribution in [3.8, 4) is 0 Å². The van der Waals surface area contributed by atoms with E-state index in [1.54, 1.807) is 17.8 Å². The Balaban J connectivity index is 2.11. The van der Waals surface area contributed by atoms with Gasteiger partial charge in [-0.2, -0.15) is 11.8 Å². The Morgan fingerprint density at radius 2 is 2.39 bits per heavy atom. The standard InChI is InChI=1S/C11H17N3O2S2/c1-11(5-3-7-17-11)8-14-18(15,16)10-9(12)4-2-6-13-10/h2,4,6,14H,3,5,7-8,12H2,1H3. The molecule has 0 aliphatic carbocycles. The highest BCUT2D eigenvalue weighted by Crippen LogP contribution is 2.37. The van der Waals surface area contributed by atoms with Crippen LogP contribution in [0.5, 0.6) is 0 Å². The summed E-state index contributed by atoms with van der Waals surface area (Å²) in [7, 11) is -3.62. The van der Waals surface area contributed by atoms with E-state index >= 15 is 0 Å². The zero-order chi connectivity index (χ0) is 13.2. The van der Waals surface area contributed by atoms with Crippen molar-refractivity contribution in [2.75, 3.05) is 18.0 Å². The summed E-state index contributed by atoms with van der Waals surface area (Å²) in [5.74, 6) is 1.09. The smallest absolute Gasteiger partial charge is 0.260 e. The molecule has 5 nitrogen and oxygen atoms in total. The van der Waals surface area contributed by atoms with Crippen LogP contribution in [0.1, 0.15) is 19.8 Å². The maximum Gasteiger partial charge on any atom is 0.260 e. The van der Waals surface area contributed by atoms with E-state index in [-0.39, 0.29) is 15.5 Å². The van der Waals surface area contributed by atoms with Crippen LogP contribution in [0, 0.1) is 0 Å². The number of nitrogens with one attached hydrogen (secondary N) is 1. The fourth-order valence-electron chi connectivity index (χ4n) is 1.92. The van der Waals surface area contributed by atoms with Gasteiger partial charge in [0.25, 0.3) is 10.0 Å². The fraction of sp³-hybridized carbons (Fsp3) is 0.545. The van der Waals surface area contributed by atoms with E-state index in [1.165, 1.54) is 12.3 Å². The molecule has 0 spiro atoms. The van der Waals surface area contributed by atoms with Crippen LogP contribution in [-0.2, 0) is 10.0 Å². The Hall–Kier alpha value is -0.790. The first-order chi connectivity index (χ1) is 8.43. The van der Waals surface area contributed by atoms with Crippen molar-refractivity contribution in [1.82, 2.24) is 9.71 Å². The second-order valence-corrected chi connectivity index (χ2v) is 7.99. The van der Waals surface area contributed by atoms with Crippen LogP contribution in [0.25, 0.3) is 0 Å². The minimum absolute atomic E-state index is 0.0172. The van der Waals surface area contributed by atoms with Gasteiger partial charge < -0.3 is 5.73 Å². The number of nitrogen functional groups attached to an aromatic ring is 1. The number of hydrogen-bond acceptors (Lipinski definition) is 5. The molecule has 1 aromatic rings. The van der Waals surface area contributed by atoms with Crippen LogP contribution in [-0.4, -0.2) is 30.4 Å². The second kappa shape index (κ2) is 5.07. The number of nitrogens with two attached hydrogens (primary N) is 1. The predicted molar refractivity (Wildman–Crippen MR) is 73.9 cm³/mol. The monoisotopic (exact) mass is 287 g/mol. The second-order valence-electron chi connectivity index (χ2n) is 4.62. The molecule has 2 heterocycles. The normalized spacial score (nSPS) is 24.3. The highest BCUT2D eigenvalue weighted by molar-refractivity contribution is 8.01. The van der Waals surface area contributed by atoms with Crippen molar-refractivity contribution in [2.45, 2.75) is 29.5 Å². The lowest BCUT2D eigenvalue weighted by Gasteiger charge is -2.22. The summed E-state index contributed by atoms with van der Waals surface area (Å²) in [5, 5.41) is -0.0865. The van der Waals surface area contributed by atoms with Crippen LogP contribution in [0.4, 0.5) is 5.69 Å². The zero-order valence-corrected chi connectivity index (χ0v) is 11.9. The third-order valence-corrected chi connectivity index (χ3v) is 5.90. The molecule has 1 saturated heterocycles. The van der Waals surface area contributed by atoms with Gasteiger partial charge >= 0.3 is 0 Å². The van der Waals surface area contributed by atoms with E-state index in [4.69, 9.17) is 5.73 Å². The highest BCUT2D eigenvalue weighted by atomic mass is 32.2. The third kappa shape index (κ3) is 2.96. The average molecular weight is 287 g/mol. The molecule has 0 radical (unpaired) electrons. The Morgan fingerprint density at radius 3 is 3.00 bits per heavy atom. The molecule has 7 heteroatoms. The minimum Gasteiger partial charge on any atom is -0.396 e. The number of sulfonamides is 1. The molecule has 0 amide bonds. The summed E-state index contributed by atoms with van der Waals surface area (Å²) in [4.78, 5) is 3.84. The van der Waals surface area contributed by atoms with Gasteiger partial charge in [0.15, 0.2) is 5.03 Å². The summed E-state index contributed by atoms with van der Waals surface area (Å²) >= 11 is 1.81. The van der Waals surface area contributed by atoms with Crippen molar-refractivity contribution < 1.29 is 8.42 Å². The van der Waals surface area contributed by atoms with Gasteiger partial charge in [-0.1, -0.05) is 0 Å². The molecule has 2 rings (SSSR count). The molecule has 1 aliphatic heterocycles. The first kappa shape index (κ1) is 13.6. The Morgan fingerprint density at radius 1 is 1.61 bits per heavy atom. The average Bonchev–Trinajstić information content (AvgIpc) is 2.75. The third-order valence-electron chi connectivity index (χ3n) is 2.99. The van der Waals surface area contributed by atoms with Gasteiger partial charge in [0.05, 0.1) is 5.69 Å². The van der Waals surface area contributed by atoms with Gasteiger partial charge in [-0.15, -0.1) is 0 Å². The van der Waals surface area contributed by atoms with E-state index in [0.717, 1.165) is 18.6 Å². The maximum atomic E-state index is 12.1. The van der Waals surface area contributed by atoms with E-state index < -0.39 is 10.0 Å². The first-order valence-corrected chi connectivity index (χ1v) is 8.24. The summed E-state index contributed by atoms with van der Waals surface area (Å²) in [6, 6.07) is 3.15. The lowest BCUT2D eigenvalue weighted by Crippen LogP contribution is -2.37. The maximum absolute atomic E-state index is 12.1. The van der Waals surface area contributed by atoms with E-state index in [9.17, 15) is 8.42 Å². The molecular formula is C11H17N3O2S2. The number of rotatable bonds is 4. The van der Waals surface area contributed by atoms with Crippen molar-refractivity contribution in [1.29, 1.82) is 0 Å². The number of nitrogens with zero attached hydrogens (tertiary/aromatic N) is 1. The molecule has 3 N–H and O–H groups in total. The summed E-state index contributed by atoms with van der Waals surface area (Å²) in [6.45, 7) is 2.49. The molecule has 1 unspecified atom stereocenters. The molecule has 1 fully saturated rings. The Kier molecular flexibility index (Phi) is 3.84. The number of hydrogen-bond donors (Lipinski definition) is 2. The number of aromatic nitrogens is 1. The minimum atomic E-state index is -3.62. The Labute approximate surface area is 112 Å². The van der Waals surface area contributed by atoms with E-state index in [2.05, 4.69) is 16.6 Å². The molecule has 1 atom stereocenters. The molecule has 0 saturated carbocycles.